The predicted molar refractivity (Wildman–Crippen MR) is 122 cm³/mol. The highest BCUT2D eigenvalue weighted by molar-refractivity contribution is 7.89. The van der Waals surface area contributed by atoms with Gasteiger partial charge in [-0.1, -0.05) is 42.5 Å². The first-order chi connectivity index (χ1) is 13.9. The highest BCUT2D eigenvalue weighted by atomic mass is 35.5. The standard InChI is InChI=1S/C22H27N3O3S.ClH/c1-23(2)29(27,28)21-12-10-20(11-13-21)22(26)25-17-15-24(16-18-25)14-6-9-19-7-4-3-5-8-19;/h3-13H,14-18H2,1-2H3;1H. The van der Waals surface area contributed by atoms with Crippen LogP contribution in [0.1, 0.15) is 15.9 Å². The number of hydrogen-bond donors (Lipinski definition) is 0. The molecular formula is C22H28ClN3O3S. The molecule has 0 bridgehead atoms. The number of rotatable bonds is 6. The van der Waals surface area contributed by atoms with Crippen LogP contribution in [0.25, 0.3) is 6.08 Å². The lowest BCUT2D eigenvalue weighted by Crippen LogP contribution is -2.48. The minimum Gasteiger partial charge on any atom is -0.336 e. The van der Waals surface area contributed by atoms with Gasteiger partial charge in [0.1, 0.15) is 0 Å². The molecule has 162 valence electrons. The summed E-state index contributed by atoms with van der Waals surface area (Å²) in [6.07, 6.45) is 4.26. The normalized spacial score (nSPS) is 15.4. The number of nitrogens with zero attached hydrogens (tertiary/aromatic N) is 3. The van der Waals surface area contributed by atoms with Crippen LogP contribution in [-0.2, 0) is 10.0 Å². The largest absolute Gasteiger partial charge is 0.336 e. The fraction of sp³-hybridized carbons (Fsp3) is 0.318. The van der Waals surface area contributed by atoms with Crippen LogP contribution in [0.15, 0.2) is 65.6 Å². The Hall–Kier alpha value is -2.19. The third kappa shape index (κ3) is 5.92. The highest BCUT2D eigenvalue weighted by Crippen LogP contribution is 2.16. The molecule has 0 unspecified atom stereocenters. The van der Waals surface area contributed by atoms with E-state index in [9.17, 15) is 13.2 Å². The monoisotopic (exact) mass is 449 g/mol. The third-order valence-electron chi connectivity index (χ3n) is 5.01. The molecule has 1 aliphatic rings. The van der Waals surface area contributed by atoms with E-state index >= 15 is 0 Å². The molecule has 0 atom stereocenters. The maximum absolute atomic E-state index is 12.7. The molecule has 0 spiro atoms. The van der Waals surface area contributed by atoms with Gasteiger partial charge in [-0.05, 0) is 29.8 Å². The average molecular weight is 450 g/mol. The number of piperazine rings is 1. The maximum atomic E-state index is 12.7. The zero-order valence-electron chi connectivity index (χ0n) is 17.3. The Bertz CT molecular complexity index is 953. The number of sulfonamides is 1. The summed E-state index contributed by atoms with van der Waals surface area (Å²) in [7, 11) is -0.507. The van der Waals surface area contributed by atoms with Crippen LogP contribution in [0.2, 0.25) is 0 Å². The van der Waals surface area contributed by atoms with Crippen LogP contribution in [-0.4, -0.2) is 75.2 Å². The van der Waals surface area contributed by atoms with Gasteiger partial charge in [0.15, 0.2) is 0 Å². The van der Waals surface area contributed by atoms with Crippen molar-refractivity contribution in [2.24, 2.45) is 0 Å². The molecule has 1 heterocycles. The van der Waals surface area contributed by atoms with Crippen LogP contribution >= 0.6 is 12.4 Å². The van der Waals surface area contributed by atoms with Gasteiger partial charge < -0.3 is 4.90 Å². The van der Waals surface area contributed by atoms with Crippen molar-refractivity contribution in [3.8, 4) is 0 Å². The molecular weight excluding hydrogens is 422 g/mol. The lowest BCUT2D eigenvalue weighted by molar-refractivity contribution is 0.0650. The van der Waals surface area contributed by atoms with Crippen molar-refractivity contribution >= 4 is 34.4 Å². The van der Waals surface area contributed by atoms with Gasteiger partial charge in [0.25, 0.3) is 5.91 Å². The molecule has 1 fully saturated rings. The average Bonchev–Trinajstić information content (AvgIpc) is 2.74. The number of halogens is 1. The Balaban J connectivity index is 0.00000320. The summed E-state index contributed by atoms with van der Waals surface area (Å²) in [6.45, 7) is 3.81. The van der Waals surface area contributed by atoms with Crippen molar-refractivity contribution in [2.45, 2.75) is 4.90 Å². The first-order valence-corrected chi connectivity index (χ1v) is 11.1. The lowest BCUT2D eigenvalue weighted by atomic mass is 10.2. The number of benzene rings is 2. The van der Waals surface area contributed by atoms with Crippen LogP contribution in [0, 0.1) is 0 Å². The minimum atomic E-state index is -3.49. The third-order valence-corrected chi connectivity index (χ3v) is 6.84. The van der Waals surface area contributed by atoms with Crippen molar-refractivity contribution < 1.29 is 13.2 Å². The molecule has 1 saturated heterocycles. The molecule has 0 saturated carbocycles. The van der Waals surface area contributed by atoms with Crippen LogP contribution in [0.5, 0.6) is 0 Å². The van der Waals surface area contributed by atoms with Crippen molar-refractivity contribution in [2.75, 3.05) is 46.8 Å². The molecule has 0 radical (unpaired) electrons. The van der Waals surface area contributed by atoms with Gasteiger partial charge in [-0.25, -0.2) is 12.7 Å². The van der Waals surface area contributed by atoms with E-state index in [1.165, 1.54) is 31.8 Å². The summed E-state index contributed by atoms with van der Waals surface area (Å²) in [6, 6.07) is 16.4. The van der Waals surface area contributed by atoms with E-state index in [1.54, 1.807) is 12.1 Å². The highest BCUT2D eigenvalue weighted by Gasteiger charge is 2.23. The summed E-state index contributed by atoms with van der Waals surface area (Å²) in [4.78, 5) is 17.1. The zero-order chi connectivity index (χ0) is 20.9. The van der Waals surface area contributed by atoms with E-state index in [0.29, 0.717) is 18.7 Å². The van der Waals surface area contributed by atoms with Crippen LogP contribution in [0.3, 0.4) is 0 Å². The fourth-order valence-electron chi connectivity index (χ4n) is 3.20. The second-order valence-corrected chi connectivity index (χ2v) is 9.37. The summed E-state index contributed by atoms with van der Waals surface area (Å²) >= 11 is 0. The summed E-state index contributed by atoms with van der Waals surface area (Å²) in [5, 5.41) is 0. The molecule has 2 aromatic carbocycles. The van der Waals surface area contributed by atoms with Crippen LogP contribution in [0.4, 0.5) is 0 Å². The minimum absolute atomic E-state index is 0. The van der Waals surface area contributed by atoms with E-state index < -0.39 is 10.0 Å². The van der Waals surface area contributed by atoms with E-state index in [4.69, 9.17) is 0 Å². The molecule has 6 nitrogen and oxygen atoms in total. The first-order valence-electron chi connectivity index (χ1n) is 9.64. The van der Waals surface area contributed by atoms with Gasteiger partial charge in [0.05, 0.1) is 4.90 Å². The van der Waals surface area contributed by atoms with Gasteiger partial charge in [-0.15, -0.1) is 12.4 Å². The molecule has 8 heteroatoms. The van der Waals surface area contributed by atoms with Gasteiger partial charge in [0, 0.05) is 52.4 Å². The molecule has 0 aliphatic carbocycles. The molecule has 1 amide bonds. The Morgan fingerprint density at radius 3 is 2.13 bits per heavy atom. The van der Waals surface area contributed by atoms with Gasteiger partial charge >= 0.3 is 0 Å². The van der Waals surface area contributed by atoms with Crippen molar-refractivity contribution in [1.82, 2.24) is 14.1 Å². The predicted octanol–water partition coefficient (Wildman–Crippen LogP) is 2.83. The fourth-order valence-corrected chi connectivity index (χ4v) is 4.10. The Labute approximate surface area is 185 Å². The van der Waals surface area contributed by atoms with Crippen molar-refractivity contribution in [3.63, 3.8) is 0 Å². The summed E-state index contributed by atoms with van der Waals surface area (Å²) in [5.41, 5.74) is 1.70. The summed E-state index contributed by atoms with van der Waals surface area (Å²) < 4.78 is 25.5. The second kappa shape index (κ2) is 10.7. The van der Waals surface area contributed by atoms with E-state index in [-0.39, 0.29) is 23.2 Å². The van der Waals surface area contributed by atoms with Gasteiger partial charge in [-0.2, -0.15) is 0 Å². The number of carbonyl (C=O) groups excluding carboxylic acids is 1. The summed E-state index contributed by atoms with van der Waals surface area (Å²) in [5.74, 6) is -0.0571. The number of carbonyl (C=O) groups is 1. The second-order valence-electron chi connectivity index (χ2n) is 7.22. The van der Waals surface area contributed by atoms with Gasteiger partial charge in [-0.3, -0.25) is 9.69 Å². The molecule has 1 aliphatic heterocycles. The topological polar surface area (TPSA) is 60.9 Å². The van der Waals surface area contributed by atoms with Crippen molar-refractivity contribution in [3.05, 3.63) is 71.8 Å². The smallest absolute Gasteiger partial charge is 0.253 e. The number of hydrogen-bond acceptors (Lipinski definition) is 4. The Kier molecular flexibility index (Phi) is 8.61. The molecule has 30 heavy (non-hydrogen) atoms. The van der Waals surface area contributed by atoms with Gasteiger partial charge in [0.2, 0.25) is 10.0 Å². The Morgan fingerprint density at radius 2 is 1.57 bits per heavy atom. The quantitative estimate of drug-likeness (QED) is 0.680. The van der Waals surface area contributed by atoms with Crippen molar-refractivity contribution in [1.29, 1.82) is 0 Å². The van der Waals surface area contributed by atoms with Crippen LogP contribution < -0.4 is 0 Å². The number of amides is 1. The lowest BCUT2D eigenvalue weighted by Gasteiger charge is -2.34. The van der Waals surface area contributed by atoms with E-state index in [0.717, 1.165) is 23.9 Å². The molecule has 2 aromatic rings. The molecule has 0 aromatic heterocycles. The first kappa shape index (κ1) is 24.1. The molecule has 0 N–H and O–H groups in total. The van der Waals surface area contributed by atoms with E-state index in [2.05, 4.69) is 29.2 Å². The molecule has 3 rings (SSSR count). The van der Waals surface area contributed by atoms with E-state index in [1.807, 2.05) is 23.1 Å². The Morgan fingerprint density at radius 1 is 0.967 bits per heavy atom. The SMILES string of the molecule is CN(C)S(=O)(=O)c1ccc(C(=O)N2CCN(CC=Cc3ccccc3)CC2)cc1.Cl. The zero-order valence-corrected chi connectivity index (χ0v) is 18.9. The maximum Gasteiger partial charge on any atom is 0.253 e.